The zero-order chi connectivity index (χ0) is 15.6. The van der Waals surface area contributed by atoms with Crippen LogP contribution < -0.4 is 0 Å². The van der Waals surface area contributed by atoms with E-state index in [9.17, 15) is 26.4 Å². The number of nitrogens with zero attached hydrogens (tertiary/aromatic N) is 1. The minimum Gasteiger partial charge on any atom is -0.465 e. The number of halogens is 3. The van der Waals surface area contributed by atoms with Crippen molar-refractivity contribution in [2.24, 2.45) is 0 Å². The second-order valence-electron chi connectivity index (χ2n) is 3.68. The molecule has 1 unspecified atom stereocenters. The smallest absolute Gasteiger partial charge is 0.421 e. The molecule has 0 aliphatic heterocycles. The third-order valence-corrected chi connectivity index (χ3v) is 2.58. The summed E-state index contributed by atoms with van der Waals surface area (Å²) in [6, 6.07) is 1.89. The Morgan fingerprint density at radius 2 is 2.00 bits per heavy atom. The van der Waals surface area contributed by atoms with E-state index in [1.54, 1.807) is 0 Å². The van der Waals surface area contributed by atoms with E-state index in [0.29, 0.717) is 6.26 Å². The predicted molar refractivity (Wildman–Crippen MR) is 60.3 cm³/mol. The fourth-order valence-corrected chi connectivity index (χ4v) is 1.84. The van der Waals surface area contributed by atoms with Crippen molar-refractivity contribution in [1.29, 1.82) is 0 Å². The number of alkyl halides is 3. The first-order valence-corrected chi connectivity index (χ1v) is 6.85. The van der Waals surface area contributed by atoms with E-state index >= 15 is 0 Å². The van der Waals surface area contributed by atoms with Crippen LogP contribution in [0.4, 0.5) is 13.2 Å². The Morgan fingerprint density at radius 3 is 2.45 bits per heavy atom. The van der Waals surface area contributed by atoms with Crippen LogP contribution in [0.15, 0.2) is 18.3 Å². The predicted octanol–water partition coefficient (Wildman–Crippen LogP) is 1.45. The first kappa shape index (κ1) is 16.4. The minimum absolute atomic E-state index is 0.205. The molecule has 0 bridgehead atoms. The molecule has 0 spiro atoms. The standard InChI is InChI=1S/C10H10F3NO5S/c1-18-9(15)6-3-4-14-7(5-6)8(10(11,12)13)19-20(2,16)17/h3-5,8H,1-2H3. The SMILES string of the molecule is COC(=O)c1ccnc(C(OS(C)(=O)=O)C(F)(F)F)c1. The Bertz CT molecular complexity index is 599. The van der Waals surface area contributed by atoms with Gasteiger partial charge in [0.05, 0.1) is 24.6 Å². The van der Waals surface area contributed by atoms with Crippen LogP contribution in [0, 0.1) is 0 Å². The average Bonchev–Trinajstić information content (AvgIpc) is 2.33. The van der Waals surface area contributed by atoms with Gasteiger partial charge in [-0.1, -0.05) is 0 Å². The van der Waals surface area contributed by atoms with E-state index in [-0.39, 0.29) is 5.56 Å². The van der Waals surface area contributed by atoms with E-state index in [1.165, 1.54) is 0 Å². The molecule has 0 aliphatic rings. The summed E-state index contributed by atoms with van der Waals surface area (Å²) in [5.74, 6) is -0.881. The summed E-state index contributed by atoms with van der Waals surface area (Å²) in [5.41, 5.74) is -0.963. The van der Waals surface area contributed by atoms with Crippen molar-refractivity contribution in [3.63, 3.8) is 0 Å². The van der Waals surface area contributed by atoms with Crippen LogP contribution in [0.3, 0.4) is 0 Å². The molecule has 0 amide bonds. The highest BCUT2D eigenvalue weighted by Crippen LogP contribution is 2.36. The lowest BCUT2D eigenvalue weighted by Crippen LogP contribution is -2.27. The Balaban J connectivity index is 3.25. The minimum atomic E-state index is -5.01. The fourth-order valence-electron chi connectivity index (χ4n) is 1.28. The number of hydrogen-bond donors (Lipinski definition) is 0. The summed E-state index contributed by atoms with van der Waals surface area (Å²) >= 11 is 0. The van der Waals surface area contributed by atoms with E-state index in [1.807, 2.05) is 0 Å². The molecular weight excluding hydrogens is 303 g/mol. The van der Waals surface area contributed by atoms with Gasteiger partial charge in [0.15, 0.2) is 0 Å². The maximum Gasteiger partial charge on any atom is 0.421 e. The maximum absolute atomic E-state index is 12.8. The van der Waals surface area contributed by atoms with Gasteiger partial charge in [0, 0.05) is 6.20 Å². The molecule has 0 fully saturated rings. The number of pyridine rings is 1. The molecule has 1 aromatic heterocycles. The number of methoxy groups -OCH3 is 1. The second-order valence-corrected chi connectivity index (χ2v) is 5.28. The average molecular weight is 313 g/mol. The highest BCUT2D eigenvalue weighted by Gasteiger charge is 2.45. The normalized spacial score (nSPS) is 13.8. The van der Waals surface area contributed by atoms with Gasteiger partial charge in [-0.25, -0.2) is 4.79 Å². The first-order valence-electron chi connectivity index (χ1n) is 5.04. The summed E-state index contributed by atoms with van der Waals surface area (Å²) < 4.78 is 68.5. The summed E-state index contributed by atoms with van der Waals surface area (Å²) in [4.78, 5) is 14.6. The molecule has 10 heteroatoms. The van der Waals surface area contributed by atoms with Gasteiger partial charge in [0.2, 0.25) is 6.10 Å². The molecule has 1 atom stereocenters. The number of ether oxygens (including phenoxy) is 1. The van der Waals surface area contributed by atoms with Crippen molar-refractivity contribution in [3.8, 4) is 0 Å². The largest absolute Gasteiger partial charge is 0.465 e. The van der Waals surface area contributed by atoms with Crippen LogP contribution in [0.1, 0.15) is 22.2 Å². The highest BCUT2D eigenvalue weighted by atomic mass is 32.2. The molecule has 1 aromatic rings. The summed E-state index contributed by atoms with van der Waals surface area (Å²) in [5, 5.41) is 0. The summed E-state index contributed by atoms with van der Waals surface area (Å²) in [6.45, 7) is 0. The van der Waals surface area contributed by atoms with E-state index in [0.717, 1.165) is 25.4 Å². The van der Waals surface area contributed by atoms with Gasteiger partial charge in [0.1, 0.15) is 0 Å². The van der Waals surface area contributed by atoms with Gasteiger partial charge in [-0.3, -0.25) is 9.17 Å². The molecular formula is C10H10F3NO5S. The summed E-state index contributed by atoms with van der Waals surface area (Å²) in [6.07, 6.45) is -6.39. The Morgan fingerprint density at radius 1 is 1.40 bits per heavy atom. The fraction of sp³-hybridized carbons (Fsp3) is 0.400. The Labute approximate surface area is 112 Å². The topological polar surface area (TPSA) is 82.6 Å². The molecule has 6 nitrogen and oxygen atoms in total. The zero-order valence-corrected chi connectivity index (χ0v) is 11.2. The highest BCUT2D eigenvalue weighted by molar-refractivity contribution is 7.86. The first-order chi connectivity index (χ1) is 9.04. The van der Waals surface area contributed by atoms with Crippen LogP contribution >= 0.6 is 0 Å². The van der Waals surface area contributed by atoms with Gasteiger partial charge >= 0.3 is 12.1 Å². The van der Waals surface area contributed by atoms with Crippen LogP contribution in [0.2, 0.25) is 0 Å². The third kappa shape index (κ3) is 4.46. The van der Waals surface area contributed by atoms with Crippen LogP contribution in [-0.2, 0) is 19.0 Å². The van der Waals surface area contributed by atoms with Crippen LogP contribution in [0.5, 0.6) is 0 Å². The maximum atomic E-state index is 12.8. The van der Waals surface area contributed by atoms with Gasteiger partial charge in [0.25, 0.3) is 10.1 Å². The van der Waals surface area contributed by atoms with E-state index < -0.39 is 34.1 Å². The van der Waals surface area contributed by atoms with Crippen molar-refractivity contribution in [1.82, 2.24) is 4.98 Å². The van der Waals surface area contributed by atoms with Crippen LogP contribution in [0.25, 0.3) is 0 Å². The lowest BCUT2D eigenvalue weighted by Gasteiger charge is -2.19. The lowest BCUT2D eigenvalue weighted by molar-refractivity contribution is -0.197. The van der Waals surface area contributed by atoms with Gasteiger partial charge in [-0.05, 0) is 12.1 Å². The van der Waals surface area contributed by atoms with Crippen molar-refractivity contribution in [3.05, 3.63) is 29.6 Å². The Hall–Kier alpha value is -1.68. The zero-order valence-electron chi connectivity index (χ0n) is 10.3. The van der Waals surface area contributed by atoms with E-state index in [4.69, 9.17) is 0 Å². The number of esters is 1. The second kappa shape index (κ2) is 5.75. The molecule has 20 heavy (non-hydrogen) atoms. The number of hydrogen-bond acceptors (Lipinski definition) is 6. The number of carbonyl (C=O) groups excluding carboxylic acids is 1. The van der Waals surface area contributed by atoms with Gasteiger partial charge in [-0.15, -0.1) is 0 Å². The molecule has 0 saturated carbocycles. The Kier molecular flexibility index (Phi) is 4.71. The lowest BCUT2D eigenvalue weighted by atomic mass is 10.1. The molecule has 0 N–H and O–H groups in total. The molecule has 1 rings (SSSR count). The van der Waals surface area contributed by atoms with Crippen molar-refractivity contribution in [2.45, 2.75) is 12.3 Å². The number of carbonyl (C=O) groups is 1. The van der Waals surface area contributed by atoms with E-state index in [2.05, 4.69) is 13.9 Å². The molecule has 1 heterocycles. The van der Waals surface area contributed by atoms with Crippen molar-refractivity contribution >= 4 is 16.1 Å². The summed E-state index contributed by atoms with van der Waals surface area (Å²) in [7, 11) is -3.32. The molecule has 0 aromatic carbocycles. The van der Waals surface area contributed by atoms with Gasteiger partial charge < -0.3 is 4.74 Å². The monoisotopic (exact) mass is 313 g/mol. The van der Waals surface area contributed by atoms with Gasteiger partial charge in [-0.2, -0.15) is 21.6 Å². The number of aromatic nitrogens is 1. The van der Waals surface area contributed by atoms with Crippen molar-refractivity contribution in [2.75, 3.05) is 13.4 Å². The quantitative estimate of drug-likeness (QED) is 0.618. The molecule has 0 radical (unpaired) electrons. The molecule has 112 valence electrons. The van der Waals surface area contributed by atoms with Crippen molar-refractivity contribution < 1.29 is 35.3 Å². The third-order valence-electron chi connectivity index (χ3n) is 2.04. The molecule has 0 saturated heterocycles. The number of rotatable bonds is 4. The van der Waals surface area contributed by atoms with Crippen LogP contribution in [-0.4, -0.2) is 38.9 Å². The molecule has 0 aliphatic carbocycles.